The number of hydrogen-bond acceptors (Lipinski definition) is 2. The van der Waals surface area contributed by atoms with E-state index in [2.05, 4.69) is 5.32 Å². The van der Waals surface area contributed by atoms with E-state index in [0.717, 1.165) is 9.79 Å². The Labute approximate surface area is 126 Å². The van der Waals surface area contributed by atoms with Gasteiger partial charge in [0.15, 0.2) is 4.84 Å². The number of amides is 1. The van der Waals surface area contributed by atoms with Crippen molar-refractivity contribution in [1.82, 2.24) is 0 Å². The summed E-state index contributed by atoms with van der Waals surface area (Å²) in [5, 5.41) is 2.65. The van der Waals surface area contributed by atoms with Crippen LogP contribution in [0.4, 0.5) is 5.69 Å². The molecule has 1 amide bonds. The molecule has 5 heteroatoms. The molecule has 0 heterocycles. The van der Waals surface area contributed by atoms with Crippen LogP contribution in [0.2, 0.25) is 0 Å². The number of anilines is 1. The van der Waals surface area contributed by atoms with Gasteiger partial charge in [-0.3, -0.25) is 4.79 Å². The van der Waals surface area contributed by atoms with Crippen molar-refractivity contribution >= 4 is 46.6 Å². The van der Waals surface area contributed by atoms with Gasteiger partial charge >= 0.3 is 0 Å². The van der Waals surface area contributed by atoms with Crippen LogP contribution < -0.4 is 5.32 Å². The molecular formula is C14H11Cl2NOS. The highest BCUT2D eigenvalue weighted by atomic mass is 35.5. The Balaban J connectivity index is 2.09. The molecule has 0 saturated heterocycles. The van der Waals surface area contributed by atoms with Gasteiger partial charge in [0.2, 0.25) is 0 Å². The molecule has 0 spiro atoms. The summed E-state index contributed by atoms with van der Waals surface area (Å²) in [6.45, 7) is 0. The second-order valence-electron chi connectivity index (χ2n) is 3.73. The van der Waals surface area contributed by atoms with Gasteiger partial charge in [0.25, 0.3) is 5.91 Å². The number of rotatable bonds is 4. The molecule has 98 valence electrons. The Kier molecular flexibility index (Phi) is 5.14. The normalized spacial score (nSPS) is 10.5. The number of carbonyl (C=O) groups is 1. The largest absolute Gasteiger partial charge is 0.324 e. The molecule has 0 unspecified atom stereocenters. The molecule has 0 aliphatic carbocycles. The van der Waals surface area contributed by atoms with Crippen LogP contribution in [0.15, 0.2) is 64.4 Å². The highest BCUT2D eigenvalue weighted by molar-refractivity contribution is 7.99. The first-order valence-corrected chi connectivity index (χ1v) is 7.26. The number of benzene rings is 2. The smallest absolute Gasteiger partial charge is 0.257 e. The fourth-order valence-electron chi connectivity index (χ4n) is 1.46. The first kappa shape index (κ1) is 14.3. The van der Waals surface area contributed by atoms with Crippen LogP contribution in [0.1, 0.15) is 0 Å². The molecule has 0 atom stereocenters. The van der Waals surface area contributed by atoms with Crippen LogP contribution in [-0.2, 0) is 4.79 Å². The van der Waals surface area contributed by atoms with Gasteiger partial charge in [-0.15, -0.1) is 0 Å². The van der Waals surface area contributed by atoms with Gasteiger partial charge < -0.3 is 5.32 Å². The van der Waals surface area contributed by atoms with E-state index in [1.165, 1.54) is 0 Å². The Bertz CT molecular complexity index is 560. The van der Waals surface area contributed by atoms with E-state index in [4.69, 9.17) is 23.2 Å². The number of alkyl halides is 2. The number of hydrogen-bond donors (Lipinski definition) is 1. The van der Waals surface area contributed by atoms with Gasteiger partial charge in [0.1, 0.15) is 0 Å². The summed E-state index contributed by atoms with van der Waals surface area (Å²) in [5.74, 6) is -0.426. The lowest BCUT2D eigenvalue weighted by Gasteiger charge is -2.07. The average Bonchev–Trinajstić information content (AvgIpc) is 2.40. The molecule has 0 bridgehead atoms. The standard InChI is InChI=1S/C14H11Cl2NOS/c15-13(16)14(18)17-10-5-4-8-12(9-10)19-11-6-2-1-3-7-11/h1-9,13H,(H,17,18). The Morgan fingerprint density at radius 1 is 1.00 bits per heavy atom. The summed E-state index contributed by atoms with van der Waals surface area (Å²) in [6.07, 6.45) is 0. The zero-order valence-corrected chi connectivity index (χ0v) is 12.2. The van der Waals surface area contributed by atoms with Crippen molar-refractivity contribution in [2.24, 2.45) is 0 Å². The molecule has 0 aliphatic heterocycles. The highest BCUT2D eigenvalue weighted by Gasteiger charge is 2.11. The molecule has 2 aromatic carbocycles. The molecule has 2 aromatic rings. The summed E-state index contributed by atoms with van der Waals surface area (Å²) < 4.78 is 0. The van der Waals surface area contributed by atoms with Crippen molar-refractivity contribution in [3.05, 3.63) is 54.6 Å². The van der Waals surface area contributed by atoms with E-state index >= 15 is 0 Å². The molecule has 0 aliphatic rings. The van der Waals surface area contributed by atoms with E-state index in [1.807, 2.05) is 48.5 Å². The lowest BCUT2D eigenvalue weighted by Crippen LogP contribution is -2.18. The topological polar surface area (TPSA) is 29.1 Å². The minimum Gasteiger partial charge on any atom is -0.324 e. The Hall–Kier alpha value is -1.16. The predicted octanol–water partition coefficient (Wildman–Crippen LogP) is 4.58. The highest BCUT2D eigenvalue weighted by Crippen LogP contribution is 2.29. The molecule has 19 heavy (non-hydrogen) atoms. The summed E-state index contributed by atoms with van der Waals surface area (Å²) >= 11 is 12.6. The zero-order chi connectivity index (χ0) is 13.7. The van der Waals surface area contributed by atoms with Crippen molar-refractivity contribution in [2.75, 3.05) is 5.32 Å². The van der Waals surface area contributed by atoms with Gasteiger partial charge in [-0.1, -0.05) is 59.2 Å². The quantitative estimate of drug-likeness (QED) is 0.837. The average molecular weight is 312 g/mol. The van der Waals surface area contributed by atoms with Gasteiger partial charge in [-0.05, 0) is 30.3 Å². The van der Waals surface area contributed by atoms with Crippen LogP contribution >= 0.6 is 35.0 Å². The van der Waals surface area contributed by atoms with Gasteiger partial charge in [-0.25, -0.2) is 0 Å². The molecule has 0 radical (unpaired) electrons. The fraction of sp³-hybridized carbons (Fsp3) is 0.0714. The lowest BCUT2D eigenvalue weighted by molar-refractivity contribution is -0.114. The Morgan fingerprint density at radius 2 is 1.68 bits per heavy atom. The van der Waals surface area contributed by atoms with E-state index in [9.17, 15) is 4.79 Å². The van der Waals surface area contributed by atoms with Crippen LogP contribution in [0, 0.1) is 0 Å². The minimum absolute atomic E-state index is 0.426. The molecular weight excluding hydrogens is 301 g/mol. The van der Waals surface area contributed by atoms with Crippen molar-refractivity contribution < 1.29 is 4.79 Å². The maximum absolute atomic E-state index is 11.4. The van der Waals surface area contributed by atoms with Crippen molar-refractivity contribution in [1.29, 1.82) is 0 Å². The lowest BCUT2D eigenvalue weighted by atomic mass is 10.3. The van der Waals surface area contributed by atoms with E-state index in [1.54, 1.807) is 17.8 Å². The number of nitrogens with one attached hydrogen (secondary N) is 1. The Morgan fingerprint density at radius 3 is 2.37 bits per heavy atom. The second kappa shape index (κ2) is 6.85. The minimum atomic E-state index is -1.06. The van der Waals surface area contributed by atoms with Crippen LogP contribution in [0.3, 0.4) is 0 Å². The summed E-state index contributed by atoms with van der Waals surface area (Å²) in [6, 6.07) is 17.5. The van der Waals surface area contributed by atoms with E-state index in [-0.39, 0.29) is 0 Å². The second-order valence-corrected chi connectivity index (χ2v) is 5.98. The first-order chi connectivity index (χ1) is 9.15. The number of carbonyl (C=O) groups excluding carboxylic acids is 1. The van der Waals surface area contributed by atoms with E-state index in [0.29, 0.717) is 5.69 Å². The molecule has 2 nitrogen and oxygen atoms in total. The van der Waals surface area contributed by atoms with Gasteiger partial charge in [0, 0.05) is 15.5 Å². The van der Waals surface area contributed by atoms with Crippen LogP contribution in [0.5, 0.6) is 0 Å². The molecule has 0 fully saturated rings. The van der Waals surface area contributed by atoms with Crippen molar-refractivity contribution in [3.63, 3.8) is 0 Å². The molecule has 1 N–H and O–H groups in total. The third kappa shape index (κ3) is 4.46. The summed E-state index contributed by atoms with van der Waals surface area (Å²) in [4.78, 5) is 12.5. The fourth-order valence-corrected chi connectivity index (χ4v) is 2.47. The SMILES string of the molecule is O=C(Nc1cccc(Sc2ccccc2)c1)C(Cl)Cl. The maximum atomic E-state index is 11.4. The monoisotopic (exact) mass is 311 g/mol. The van der Waals surface area contributed by atoms with Gasteiger partial charge in [-0.2, -0.15) is 0 Å². The van der Waals surface area contributed by atoms with Crippen molar-refractivity contribution in [3.8, 4) is 0 Å². The maximum Gasteiger partial charge on any atom is 0.257 e. The van der Waals surface area contributed by atoms with Crippen LogP contribution in [0.25, 0.3) is 0 Å². The first-order valence-electron chi connectivity index (χ1n) is 5.57. The van der Waals surface area contributed by atoms with Crippen LogP contribution in [-0.4, -0.2) is 10.7 Å². The molecule has 0 aromatic heterocycles. The molecule has 2 rings (SSSR count). The third-order valence-corrected chi connectivity index (χ3v) is 3.67. The zero-order valence-electron chi connectivity index (χ0n) is 9.85. The number of halogens is 2. The summed E-state index contributed by atoms with van der Waals surface area (Å²) in [7, 11) is 0. The molecule has 0 saturated carbocycles. The predicted molar refractivity (Wildman–Crippen MR) is 81.1 cm³/mol. The van der Waals surface area contributed by atoms with Crippen molar-refractivity contribution in [2.45, 2.75) is 14.6 Å². The third-order valence-electron chi connectivity index (χ3n) is 2.28. The van der Waals surface area contributed by atoms with Gasteiger partial charge in [0.05, 0.1) is 0 Å². The van der Waals surface area contributed by atoms with E-state index < -0.39 is 10.7 Å². The summed E-state index contributed by atoms with van der Waals surface area (Å²) in [5.41, 5.74) is 0.678.